The van der Waals surface area contributed by atoms with Crippen LogP contribution < -0.4 is 5.32 Å². The SMILES string of the molecule is Cn1cc(-c2ccc(Cn3cc(C(=O)N[C@@H]4CCCC(F)(F)[C@H]4O)c4c(F)cccc43)c(F)c2)cn1. The number of hydrogen-bond acceptors (Lipinski definition) is 3. The lowest BCUT2D eigenvalue weighted by molar-refractivity contribution is -0.141. The number of nitrogens with one attached hydrogen (secondary N) is 1. The Hall–Kier alpha value is -3.66. The Morgan fingerprint density at radius 3 is 2.69 bits per heavy atom. The van der Waals surface area contributed by atoms with Crippen LogP contribution in [0.4, 0.5) is 17.6 Å². The second-order valence-electron chi connectivity index (χ2n) is 9.19. The van der Waals surface area contributed by atoms with Gasteiger partial charge in [-0.2, -0.15) is 5.10 Å². The molecule has 1 amide bonds. The van der Waals surface area contributed by atoms with Crippen molar-refractivity contribution in [1.29, 1.82) is 0 Å². The quantitative estimate of drug-likeness (QED) is 0.392. The van der Waals surface area contributed by atoms with E-state index in [1.807, 2.05) is 0 Å². The highest BCUT2D eigenvalue weighted by atomic mass is 19.3. The highest BCUT2D eigenvalue weighted by Crippen LogP contribution is 2.34. The van der Waals surface area contributed by atoms with E-state index in [1.54, 1.807) is 46.9 Å². The lowest BCUT2D eigenvalue weighted by Crippen LogP contribution is -2.54. The van der Waals surface area contributed by atoms with Gasteiger partial charge in [0.05, 0.1) is 29.9 Å². The third-order valence-electron chi connectivity index (χ3n) is 6.69. The number of aryl methyl sites for hydroxylation is 1. The van der Waals surface area contributed by atoms with Gasteiger partial charge < -0.3 is 15.0 Å². The van der Waals surface area contributed by atoms with Crippen molar-refractivity contribution in [3.8, 4) is 11.1 Å². The molecule has 1 aliphatic carbocycles. The monoisotopic (exact) mass is 500 g/mol. The molecule has 1 saturated carbocycles. The highest BCUT2D eigenvalue weighted by molar-refractivity contribution is 6.07. The molecule has 2 atom stereocenters. The summed E-state index contributed by atoms with van der Waals surface area (Å²) in [5.74, 6) is -5.24. The topological polar surface area (TPSA) is 72.1 Å². The first kappa shape index (κ1) is 24.1. The van der Waals surface area contributed by atoms with E-state index >= 15 is 4.39 Å². The van der Waals surface area contributed by atoms with Crippen LogP contribution in [0.15, 0.2) is 55.0 Å². The number of fused-ring (bicyclic) bond motifs is 1. The minimum atomic E-state index is -3.31. The van der Waals surface area contributed by atoms with Gasteiger partial charge in [-0.3, -0.25) is 9.48 Å². The molecule has 0 radical (unpaired) electrons. The number of nitrogens with zero attached hydrogens (tertiary/aromatic N) is 3. The van der Waals surface area contributed by atoms with E-state index in [0.29, 0.717) is 16.6 Å². The number of aliphatic hydroxyl groups is 1. The number of carbonyl (C=O) groups excluding carboxylic acids is 1. The normalized spacial score (nSPS) is 19.5. The molecule has 4 aromatic rings. The third-order valence-corrected chi connectivity index (χ3v) is 6.69. The number of hydrogen-bond donors (Lipinski definition) is 2. The number of rotatable bonds is 5. The number of amides is 1. The van der Waals surface area contributed by atoms with Gasteiger partial charge in [-0.05, 0) is 36.6 Å². The largest absolute Gasteiger partial charge is 0.385 e. The van der Waals surface area contributed by atoms with E-state index in [2.05, 4.69) is 10.4 Å². The summed E-state index contributed by atoms with van der Waals surface area (Å²) in [5.41, 5.74) is 2.00. The average Bonchev–Trinajstić information content (AvgIpc) is 3.43. The van der Waals surface area contributed by atoms with Gasteiger partial charge in [0.1, 0.15) is 17.7 Å². The highest BCUT2D eigenvalue weighted by Gasteiger charge is 2.46. The Labute approximate surface area is 204 Å². The van der Waals surface area contributed by atoms with Crippen molar-refractivity contribution in [3.05, 3.63) is 77.8 Å². The van der Waals surface area contributed by atoms with Crippen molar-refractivity contribution >= 4 is 16.8 Å². The van der Waals surface area contributed by atoms with Crippen molar-refractivity contribution < 1.29 is 27.5 Å². The van der Waals surface area contributed by atoms with Gasteiger partial charge in [-0.1, -0.05) is 18.2 Å². The van der Waals surface area contributed by atoms with E-state index in [0.717, 1.165) is 5.56 Å². The summed E-state index contributed by atoms with van der Waals surface area (Å²) >= 11 is 0. The van der Waals surface area contributed by atoms with Crippen LogP contribution in [0.2, 0.25) is 0 Å². The number of carbonyl (C=O) groups is 1. The fourth-order valence-corrected chi connectivity index (χ4v) is 4.78. The zero-order valence-corrected chi connectivity index (χ0v) is 19.4. The van der Waals surface area contributed by atoms with Crippen LogP contribution in [-0.2, 0) is 13.6 Å². The maximum absolute atomic E-state index is 15.0. The number of aromatic nitrogens is 3. The summed E-state index contributed by atoms with van der Waals surface area (Å²) in [6.45, 7) is 0.0104. The van der Waals surface area contributed by atoms with Gasteiger partial charge in [-0.25, -0.2) is 17.6 Å². The van der Waals surface area contributed by atoms with Crippen LogP contribution in [0.5, 0.6) is 0 Å². The van der Waals surface area contributed by atoms with E-state index in [-0.39, 0.29) is 30.3 Å². The van der Waals surface area contributed by atoms with E-state index in [9.17, 15) is 23.1 Å². The molecule has 1 fully saturated rings. The van der Waals surface area contributed by atoms with Gasteiger partial charge in [0.2, 0.25) is 0 Å². The van der Waals surface area contributed by atoms with Crippen molar-refractivity contribution in [2.45, 2.75) is 43.9 Å². The summed E-state index contributed by atoms with van der Waals surface area (Å²) in [6, 6.07) is 7.85. The van der Waals surface area contributed by atoms with Gasteiger partial charge in [-0.15, -0.1) is 0 Å². The smallest absolute Gasteiger partial charge is 0.275 e. The van der Waals surface area contributed by atoms with Gasteiger partial charge in [0.15, 0.2) is 0 Å². The summed E-state index contributed by atoms with van der Waals surface area (Å²) in [6.07, 6.45) is 2.60. The molecule has 0 spiro atoms. The first-order valence-electron chi connectivity index (χ1n) is 11.6. The summed E-state index contributed by atoms with van der Waals surface area (Å²) in [4.78, 5) is 13.0. The summed E-state index contributed by atoms with van der Waals surface area (Å²) in [7, 11) is 1.76. The van der Waals surface area contributed by atoms with Crippen molar-refractivity contribution in [3.63, 3.8) is 0 Å². The molecule has 10 heteroatoms. The predicted octanol–water partition coefficient (Wildman–Crippen LogP) is 4.65. The number of benzene rings is 2. The summed E-state index contributed by atoms with van der Waals surface area (Å²) in [5, 5.41) is 16.5. The van der Waals surface area contributed by atoms with Crippen molar-refractivity contribution in [2.75, 3.05) is 0 Å². The van der Waals surface area contributed by atoms with Crippen LogP contribution in [0.3, 0.4) is 0 Å². The molecular weight excluding hydrogens is 476 g/mol. The fourth-order valence-electron chi connectivity index (χ4n) is 4.78. The molecule has 2 aromatic heterocycles. The third kappa shape index (κ3) is 4.37. The van der Waals surface area contributed by atoms with E-state index in [4.69, 9.17) is 0 Å². The van der Waals surface area contributed by atoms with E-state index < -0.39 is 42.0 Å². The second-order valence-corrected chi connectivity index (χ2v) is 9.19. The number of halogens is 4. The van der Waals surface area contributed by atoms with Crippen LogP contribution in [0.25, 0.3) is 22.0 Å². The van der Waals surface area contributed by atoms with Crippen molar-refractivity contribution in [1.82, 2.24) is 19.7 Å². The fraction of sp³-hybridized carbons (Fsp3) is 0.308. The van der Waals surface area contributed by atoms with Crippen LogP contribution in [-0.4, -0.2) is 43.4 Å². The molecular formula is C26H24F4N4O2. The van der Waals surface area contributed by atoms with Crippen LogP contribution >= 0.6 is 0 Å². The van der Waals surface area contributed by atoms with Gasteiger partial charge in [0.25, 0.3) is 11.8 Å². The maximum atomic E-state index is 15.0. The van der Waals surface area contributed by atoms with Gasteiger partial charge >= 0.3 is 0 Å². The molecule has 1 aliphatic rings. The predicted molar refractivity (Wildman–Crippen MR) is 126 cm³/mol. The minimum Gasteiger partial charge on any atom is -0.385 e. The average molecular weight is 500 g/mol. The molecule has 2 N–H and O–H groups in total. The Bertz CT molecular complexity index is 1450. The molecule has 2 aromatic carbocycles. The van der Waals surface area contributed by atoms with Crippen molar-refractivity contribution in [2.24, 2.45) is 7.05 Å². The lowest BCUT2D eigenvalue weighted by Gasteiger charge is -2.34. The molecule has 0 unspecified atom stereocenters. The Kier molecular flexibility index (Phi) is 6.07. The number of aliphatic hydroxyl groups excluding tert-OH is 1. The standard InChI is InChI=1S/C26H24F4N4O2/c1-33-12-17(11-31-33)15-7-8-16(20(28)10-15)13-34-14-18(23-19(27)4-2-6-22(23)34)25(36)32-21-5-3-9-26(29,30)24(21)35/h2,4,6-8,10-12,14,21,24,35H,3,5,9,13H2,1H3,(H,32,36)/t21-,24+/m1/s1. The molecule has 0 bridgehead atoms. The first-order chi connectivity index (χ1) is 17.1. The Balaban J connectivity index is 1.45. The molecule has 0 saturated heterocycles. The first-order valence-corrected chi connectivity index (χ1v) is 11.6. The zero-order valence-electron chi connectivity index (χ0n) is 19.4. The summed E-state index contributed by atoms with van der Waals surface area (Å²) < 4.78 is 60.8. The molecule has 188 valence electrons. The maximum Gasteiger partial charge on any atom is 0.275 e. The van der Waals surface area contributed by atoms with Crippen LogP contribution in [0, 0.1) is 11.6 Å². The molecule has 5 rings (SSSR count). The molecule has 6 nitrogen and oxygen atoms in total. The molecule has 36 heavy (non-hydrogen) atoms. The zero-order chi connectivity index (χ0) is 25.6. The van der Waals surface area contributed by atoms with Gasteiger partial charge in [0, 0.05) is 42.4 Å². The molecule has 2 heterocycles. The Morgan fingerprint density at radius 1 is 1.17 bits per heavy atom. The minimum absolute atomic E-state index is 0.000511. The van der Waals surface area contributed by atoms with Crippen LogP contribution in [0.1, 0.15) is 35.2 Å². The van der Waals surface area contributed by atoms with E-state index in [1.165, 1.54) is 24.4 Å². The lowest BCUT2D eigenvalue weighted by atomic mass is 9.89. The Morgan fingerprint density at radius 2 is 1.97 bits per heavy atom. The molecule has 0 aliphatic heterocycles. The second kappa shape index (κ2) is 9.09. The number of alkyl halides is 2.